The summed E-state index contributed by atoms with van der Waals surface area (Å²) >= 11 is 0. The number of aryl methyl sites for hydroxylation is 1. The summed E-state index contributed by atoms with van der Waals surface area (Å²) in [5.74, 6) is 5.52. The Labute approximate surface area is 85.1 Å². The molecule has 1 atom stereocenters. The van der Waals surface area contributed by atoms with Gasteiger partial charge >= 0.3 is 0 Å². The molecule has 0 aromatic carbocycles. The topological polar surface area (TPSA) is 54.2 Å². The van der Waals surface area contributed by atoms with Crippen molar-refractivity contribution in [2.24, 2.45) is 5.84 Å². The van der Waals surface area contributed by atoms with Crippen molar-refractivity contribution in [1.29, 1.82) is 0 Å². The van der Waals surface area contributed by atoms with Crippen molar-refractivity contribution in [1.82, 2.24) is 15.3 Å². The molecule has 0 spiro atoms. The number of hydrogen-bond donors (Lipinski definition) is 2. The fourth-order valence-corrected chi connectivity index (χ4v) is 1.45. The number of rotatable bonds is 4. The average molecular weight is 194 g/mol. The van der Waals surface area contributed by atoms with Crippen molar-refractivity contribution >= 4 is 0 Å². The molecule has 0 amide bonds. The summed E-state index contributed by atoms with van der Waals surface area (Å²) in [6.45, 7) is 2.93. The second kappa shape index (κ2) is 5.05. The molecule has 78 valence electrons. The Kier molecular flexibility index (Phi) is 4.00. The van der Waals surface area contributed by atoms with E-state index < -0.39 is 0 Å². The highest BCUT2D eigenvalue weighted by molar-refractivity contribution is 5.25. The summed E-state index contributed by atoms with van der Waals surface area (Å²) in [6.07, 6.45) is 3.66. The molecule has 0 aliphatic carbocycles. The lowest BCUT2D eigenvalue weighted by atomic mass is 10.0. The lowest BCUT2D eigenvalue weighted by Gasteiger charge is -2.21. The molecule has 0 fully saturated rings. The molecule has 0 saturated heterocycles. The summed E-state index contributed by atoms with van der Waals surface area (Å²) in [7, 11) is 4.05. The minimum Gasteiger partial charge on any atom is -0.307 e. The molecule has 4 heteroatoms. The van der Waals surface area contributed by atoms with Crippen LogP contribution in [0.25, 0.3) is 0 Å². The van der Waals surface area contributed by atoms with Crippen LogP contribution in [0.5, 0.6) is 0 Å². The van der Waals surface area contributed by atoms with Gasteiger partial charge in [0.15, 0.2) is 0 Å². The van der Waals surface area contributed by atoms with Crippen LogP contribution in [-0.2, 0) is 0 Å². The van der Waals surface area contributed by atoms with E-state index in [0.717, 1.165) is 12.1 Å². The summed E-state index contributed by atoms with van der Waals surface area (Å²) in [6, 6.07) is 2.13. The zero-order chi connectivity index (χ0) is 10.6. The Morgan fingerprint density at radius 2 is 2.29 bits per heavy atom. The van der Waals surface area contributed by atoms with Crippen LogP contribution in [-0.4, -0.2) is 30.5 Å². The summed E-state index contributed by atoms with van der Waals surface area (Å²) in [5, 5.41) is 0. The number of likely N-dealkylation sites (N-methyl/N-ethyl adjacent to an activating group) is 1. The quantitative estimate of drug-likeness (QED) is 0.540. The highest BCUT2D eigenvalue weighted by Gasteiger charge is 2.12. The van der Waals surface area contributed by atoms with E-state index in [9.17, 15) is 0 Å². The highest BCUT2D eigenvalue weighted by Crippen LogP contribution is 2.15. The third-order valence-electron chi connectivity index (χ3n) is 2.20. The van der Waals surface area contributed by atoms with Gasteiger partial charge in [0.1, 0.15) is 0 Å². The highest BCUT2D eigenvalue weighted by atomic mass is 15.3. The van der Waals surface area contributed by atoms with Crippen molar-refractivity contribution in [2.75, 3.05) is 20.6 Å². The number of aromatic nitrogens is 1. The van der Waals surface area contributed by atoms with E-state index in [1.54, 1.807) is 6.20 Å². The smallest absolute Gasteiger partial charge is 0.0604 e. The molecule has 0 saturated carbocycles. The van der Waals surface area contributed by atoms with Crippen LogP contribution in [0, 0.1) is 6.92 Å². The van der Waals surface area contributed by atoms with Gasteiger partial charge in [-0.3, -0.25) is 16.3 Å². The molecule has 1 aromatic rings. The first-order chi connectivity index (χ1) is 6.65. The number of pyridine rings is 1. The normalized spacial score (nSPS) is 13.2. The predicted octanol–water partition coefficient (Wildman–Crippen LogP) is 0.456. The minimum atomic E-state index is 0.138. The summed E-state index contributed by atoms with van der Waals surface area (Å²) < 4.78 is 0. The number of nitrogens with zero attached hydrogens (tertiary/aromatic N) is 2. The van der Waals surface area contributed by atoms with Crippen LogP contribution in [0.4, 0.5) is 0 Å². The molecule has 0 bridgehead atoms. The minimum absolute atomic E-state index is 0.138. The van der Waals surface area contributed by atoms with E-state index >= 15 is 0 Å². The van der Waals surface area contributed by atoms with Crippen LogP contribution in [0.15, 0.2) is 18.5 Å². The second-order valence-corrected chi connectivity index (χ2v) is 3.71. The summed E-state index contributed by atoms with van der Waals surface area (Å²) in [5.41, 5.74) is 5.18. The maximum Gasteiger partial charge on any atom is 0.0604 e. The Morgan fingerprint density at radius 1 is 1.57 bits per heavy atom. The summed E-state index contributed by atoms with van der Waals surface area (Å²) in [4.78, 5) is 6.20. The van der Waals surface area contributed by atoms with Gasteiger partial charge in [0, 0.05) is 18.9 Å². The van der Waals surface area contributed by atoms with E-state index in [-0.39, 0.29) is 6.04 Å². The molecule has 0 aliphatic rings. The number of hydrazine groups is 1. The molecular weight excluding hydrogens is 176 g/mol. The monoisotopic (exact) mass is 194 g/mol. The first-order valence-corrected chi connectivity index (χ1v) is 4.66. The Balaban J connectivity index is 2.83. The van der Waals surface area contributed by atoms with Crippen LogP contribution in [0.2, 0.25) is 0 Å². The maximum absolute atomic E-state index is 5.52. The first kappa shape index (κ1) is 11.1. The van der Waals surface area contributed by atoms with E-state index in [1.807, 2.05) is 26.4 Å². The molecule has 0 radical (unpaired) electrons. The molecule has 1 unspecified atom stereocenters. The predicted molar refractivity (Wildman–Crippen MR) is 57.6 cm³/mol. The fraction of sp³-hybridized carbons (Fsp3) is 0.500. The van der Waals surface area contributed by atoms with Gasteiger partial charge in [0.05, 0.1) is 6.04 Å². The Morgan fingerprint density at radius 3 is 2.79 bits per heavy atom. The standard InChI is InChI=1S/C10H18N4/c1-8-4-5-12-6-9(8)10(13-11)7-14(2)3/h4-6,10,13H,7,11H2,1-3H3. The SMILES string of the molecule is Cc1ccncc1C(CN(C)C)NN. The Bertz CT molecular complexity index is 285. The first-order valence-electron chi connectivity index (χ1n) is 4.66. The number of nitrogens with two attached hydrogens (primary N) is 1. The van der Waals surface area contributed by atoms with Gasteiger partial charge in [-0.05, 0) is 38.2 Å². The average Bonchev–Trinajstić information content (AvgIpc) is 2.15. The Hall–Kier alpha value is -0.970. The van der Waals surface area contributed by atoms with E-state index in [1.165, 1.54) is 5.56 Å². The van der Waals surface area contributed by atoms with Crippen molar-refractivity contribution in [3.63, 3.8) is 0 Å². The third-order valence-corrected chi connectivity index (χ3v) is 2.20. The van der Waals surface area contributed by atoms with E-state index in [2.05, 4.69) is 22.2 Å². The van der Waals surface area contributed by atoms with Crippen molar-refractivity contribution in [2.45, 2.75) is 13.0 Å². The fourth-order valence-electron chi connectivity index (χ4n) is 1.45. The molecule has 14 heavy (non-hydrogen) atoms. The molecule has 3 N–H and O–H groups in total. The zero-order valence-electron chi connectivity index (χ0n) is 8.99. The molecule has 4 nitrogen and oxygen atoms in total. The molecular formula is C10H18N4. The van der Waals surface area contributed by atoms with Crippen LogP contribution >= 0.6 is 0 Å². The molecule has 1 aromatic heterocycles. The second-order valence-electron chi connectivity index (χ2n) is 3.71. The number of nitrogens with one attached hydrogen (secondary N) is 1. The van der Waals surface area contributed by atoms with E-state index in [4.69, 9.17) is 5.84 Å². The third kappa shape index (κ3) is 2.77. The molecule has 0 aliphatic heterocycles. The van der Waals surface area contributed by atoms with Gasteiger partial charge in [0.2, 0.25) is 0 Å². The molecule has 1 heterocycles. The van der Waals surface area contributed by atoms with Gasteiger partial charge in [0.25, 0.3) is 0 Å². The van der Waals surface area contributed by atoms with Crippen molar-refractivity contribution in [3.05, 3.63) is 29.6 Å². The van der Waals surface area contributed by atoms with Gasteiger partial charge in [-0.2, -0.15) is 0 Å². The lowest BCUT2D eigenvalue weighted by Crippen LogP contribution is -2.35. The maximum atomic E-state index is 5.52. The van der Waals surface area contributed by atoms with E-state index in [0.29, 0.717) is 0 Å². The van der Waals surface area contributed by atoms with Gasteiger partial charge in [-0.15, -0.1) is 0 Å². The zero-order valence-corrected chi connectivity index (χ0v) is 8.99. The lowest BCUT2D eigenvalue weighted by molar-refractivity contribution is 0.343. The van der Waals surface area contributed by atoms with Crippen molar-refractivity contribution < 1.29 is 0 Å². The van der Waals surface area contributed by atoms with Gasteiger partial charge < -0.3 is 4.90 Å². The van der Waals surface area contributed by atoms with Gasteiger partial charge in [-0.1, -0.05) is 0 Å². The molecule has 1 rings (SSSR count). The van der Waals surface area contributed by atoms with Crippen molar-refractivity contribution in [3.8, 4) is 0 Å². The van der Waals surface area contributed by atoms with Crippen LogP contribution in [0.3, 0.4) is 0 Å². The largest absolute Gasteiger partial charge is 0.307 e. The van der Waals surface area contributed by atoms with Crippen LogP contribution in [0.1, 0.15) is 17.2 Å². The number of hydrogen-bond acceptors (Lipinski definition) is 4. The van der Waals surface area contributed by atoms with Crippen LogP contribution < -0.4 is 11.3 Å². The van der Waals surface area contributed by atoms with Gasteiger partial charge in [-0.25, -0.2) is 0 Å².